The van der Waals surface area contributed by atoms with Gasteiger partial charge in [-0.15, -0.1) is 0 Å². The van der Waals surface area contributed by atoms with Crippen LogP contribution in [0.2, 0.25) is 0 Å². The Bertz CT molecular complexity index is 418. The van der Waals surface area contributed by atoms with Crippen LogP contribution in [0.4, 0.5) is 10.1 Å². The third kappa shape index (κ3) is 2.63. The van der Waals surface area contributed by atoms with Crippen LogP contribution in [0.1, 0.15) is 56.9 Å². The molecule has 0 radical (unpaired) electrons. The van der Waals surface area contributed by atoms with E-state index in [1.807, 2.05) is 13.0 Å². The largest absolute Gasteiger partial charge is 0.380 e. The van der Waals surface area contributed by atoms with E-state index in [2.05, 4.69) is 5.32 Å². The first-order chi connectivity index (χ1) is 9.19. The zero-order valence-corrected chi connectivity index (χ0v) is 11.8. The Balaban J connectivity index is 1.63. The van der Waals surface area contributed by atoms with Crippen molar-refractivity contribution in [3.05, 3.63) is 29.6 Å². The van der Waals surface area contributed by atoms with E-state index in [1.54, 1.807) is 12.1 Å². The lowest BCUT2D eigenvalue weighted by Crippen LogP contribution is -2.32. The van der Waals surface area contributed by atoms with Gasteiger partial charge in [-0.3, -0.25) is 0 Å². The fraction of sp³-hybridized carbons (Fsp3) is 0.647. The normalized spacial score (nSPS) is 22.8. The molecule has 3 rings (SSSR count). The molecule has 1 aromatic rings. The monoisotopic (exact) mass is 261 g/mol. The molecular formula is C17H24FN. The van der Waals surface area contributed by atoms with Crippen molar-refractivity contribution in [2.24, 2.45) is 5.41 Å². The van der Waals surface area contributed by atoms with E-state index in [0.29, 0.717) is 11.5 Å². The van der Waals surface area contributed by atoms with Gasteiger partial charge >= 0.3 is 0 Å². The first kappa shape index (κ1) is 13.0. The quantitative estimate of drug-likeness (QED) is 0.785. The van der Waals surface area contributed by atoms with Crippen LogP contribution in [0.5, 0.6) is 0 Å². The Kier molecular flexibility index (Phi) is 3.51. The Hall–Kier alpha value is -1.05. The van der Waals surface area contributed by atoms with Crippen molar-refractivity contribution < 1.29 is 4.39 Å². The summed E-state index contributed by atoms with van der Waals surface area (Å²) in [6.07, 6.45) is 10.8. The van der Waals surface area contributed by atoms with E-state index in [0.717, 1.165) is 11.3 Å². The van der Waals surface area contributed by atoms with E-state index >= 15 is 0 Å². The number of benzene rings is 1. The molecule has 2 fully saturated rings. The van der Waals surface area contributed by atoms with E-state index < -0.39 is 0 Å². The SMILES string of the molecule is Cc1cccc(F)c1NC1CCC2(CCCC2)CC1. The van der Waals surface area contributed by atoms with Gasteiger partial charge in [0.05, 0.1) is 5.69 Å². The van der Waals surface area contributed by atoms with Crippen LogP contribution in [0.15, 0.2) is 18.2 Å². The molecule has 1 N–H and O–H groups in total. The van der Waals surface area contributed by atoms with Crippen LogP contribution >= 0.6 is 0 Å². The van der Waals surface area contributed by atoms with Crippen LogP contribution < -0.4 is 5.32 Å². The van der Waals surface area contributed by atoms with Crippen LogP contribution in [-0.4, -0.2) is 6.04 Å². The number of hydrogen-bond donors (Lipinski definition) is 1. The number of rotatable bonds is 2. The molecule has 0 saturated heterocycles. The van der Waals surface area contributed by atoms with E-state index in [-0.39, 0.29) is 5.82 Å². The number of para-hydroxylation sites is 1. The number of aryl methyl sites for hydroxylation is 1. The first-order valence-corrected chi connectivity index (χ1v) is 7.70. The molecule has 1 aromatic carbocycles. The second-order valence-corrected chi connectivity index (χ2v) is 6.56. The highest BCUT2D eigenvalue weighted by Crippen LogP contribution is 2.49. The Morgan fingerprint density at radius 1 is 1.11 bits per heavy atom. The molecule has 2 aliphatic rings. The van der Waals surface area contributed by atoms with E-state index in [9.17, 15) is 4.39 Å². The van der Waals surface area contributed by atoms with E-state index in [4.69, 9.17) is 0 Å². The molecule has 0 amide bonds. The highest BCUT2D eigenvalue weighted by Gasteiger charge is 2.37. The molecule has 104 valence electrons. The average Bonchev–Trinajstić information content (AvgIpc) is 2.85. The smallest absolute Gasteiger partial charge is 0.146 e. The lowest BCUT2D eigenvalue weighted by Gasteiger charge is -2.38. The number of nitrogens with one attached hydrogen (secondary N) is 1. The fourth-order valence-electron chi connectivity index (χ4n) is 4.02. The summed E-state index contributed by atoms with van der Waals surface area (Å²) < 4.78 is 13.8. The van der Waals surface area contributed by atoms with Gasteiger partial charge in [0.1, 0.15) is 5.82 Å². The predicted molar refractivity (Wildman–Crippen MR) is 77.9 cm³/mol. The molecule has 19 heavy (non-hydrogen) atoms. The molecular weight excluding hydrogens is 237 g/mol. The third-order valence-corrected chi connectivity index (χ3v) is 5.28. The molecule has 1 spiro atoms. The molecule has 2 aliphatic carbocycles. The minimum atomic E-state index is -0.110. The van der Waals surface area contributed by atoms with Gasteiger partial charge in [0.2, 0.25) is 0 Å². The van der Waals surface area contributed by atoms with Gasteiger partial charge in [-0.25, -0.2) is 4.39 Å². The van der Waals surface area contributed by atoms with Crippen molar-refractivity contribution in [1.82, 2.24) is 0 Å². The second kappa shape index (κ2) is 5.15. The maximum absolute atomic E-state index is 13.8. The average molecular weight is 261 g/mol. The van der Waals surface area contributed by atoms with Crippen molar-refractivity contribution in [1.29, 1.82) is 0 Å². The van der Waals surface area contributed by atoms with Crippen molar-refractivity contribution in [2.75, 3.05) is 5.32 Å². The van der Waals surface area contributed by atoms with Gasteiger partial charge in [0, 0.05) is 6.04 Å². The number of anilines is 1. The summed E-state index contributed by atoms with van der Waals surface area (Å²) in [5, 5.41) is 3.45. The lowest BCUT2D eigenvalue weighted by molar-refractivity contribution is 0.188. The second-order valence-electron chi connectivity index (χ2n) is 6.56. The van der Waals surface area contributed by atoms with Crippen LogP contribution in [0, 0.1) is 18.2 Å². The van der Waals surface area contributed by atoms with Gasteiger partial charge < -0.3 is 5.32 Å². The molecule has 0 atom stereocenters. The zero-order chi connectivity index (χ0) is 13.3. The summed E-state index contributed by atoms with van der Waals surface area (Å²) in [7, 11) is 0. The lowest BCUT2D eigenvalue weighted by atomic mass is 9.71. The number of hydrogen-bond acceptors (Lipinski definition) is 1. The van der Waals surface area contributed by atoms with Gasteiger partial charge in [0.15, 0.2) is 0 Å². The third-order valence-electron chi connectivity index (χ3n) is 5.28. The van der Waals surface area contributed by atoms with Gasteiger partial charge in [0.25, 0.3) is 0 Å². The molecule has 0 aliphatic heterocycles. The molecule has 2 heteroatoms. The molecule has 0 bridgehead atoms. The predicted octanol–water partition coefficient (Wildman–Crippen LogP) is 5.05. The molecule has 0 unspecified atom stereocenters. The molecule has 1 nitrogen and oxygen atoms in total. The van der Waals surface area contributed by atoms with Crippen molar-refractivity contribution in [2.45, 2.75) is 64.3 Å². The fourth-order valence-corrected chi connectivity index (χ4v) is 4.02. The van der Waals surface area contributed by atoms with Gasteiger partial charge in [-0.05, 0) is 62.5 Å². The summed E-state index contributed by atoms with van der Waals surface area (Å²) in [6, 6.07) is 5.77. The molecule has 0 aromatic heterocycles. The maximum atomic E-state index is 13.8. The molecule has 2 saturated carbocycles. The topological polar surface area (TPSA) is 12.0 Å². The van der Waals surface area contributed by atoms with Crippen LogP contribution in [0.25, 0.3) is 0 Å². The Morgan fingerprint density at radius 3 is 2.42 bits per heavy atom. The first-order valence-electron chi connectivity index (χ1n) is 7.70. The summed E-state index contributed by atoms with van der Waals surface area (Å²) in [6.45, 7) is 1.98. The summed E-state index contributed by atoms with van der Waals surface area (Å²) in [4.78, 5) is 0. The highest BCUT2D eigenvalue weighted by atomic mass is 19.1. The summed E-state index contributed by atoms with van der Waals surface area (Å²) in [5.41, 5.74) is 2.39. The van der Waals surface area contributed by atoms with E-state index in [1.165, 1.54) is 51.4 Å². The standard InChI is InChI=1S/C17H24FN/c1-13-5-4-6-15(18)16(13)19-14-7-11-17(12-8-14)9-2-3-10-17/h4-6,14,19H,2-3,7-12H2,1H3. The minimum absolute atomic E-state index is 0.110. The van der Waals surface area contributed by atoms with Crippen LogP contribution in [0.3, 0.4) is 0 Å². The summed E-state index contributed by atoms with van der Waals surface area (Å²) >= 11 is 0. The van der Waals surface area contributed by atoms with Gasteiger partial charge in [-0.1, -0.05) is 25.0 Å². The molecule has 0 heterocycles. The van der Waals surface area contributed by atoms with Crippen LogP contribution in [-0.2, 0) is 0 Å². The van der Waals surface area contributed by atoms with Crippen molar-refractivity contribution in [3.8, 4) is 0 Å². The Labute approximate surface area is 115 Å². The van der Waals surface area contributed by atoms with Crippen molar-refractivity contribution >= 4 is 5.69 Å². The minimum Gasteiger partial charge on any atom is -0.380 e. The highest BCUT2D eigenvalue weighted by molar-refractivity contribution is 5.52. The Morgan fingerprint density at radius 2 is 1.79 bits per heavy atom. The van der Waals surface area contributed by atoms with Gasteiger partial charge in [-0.2, -0.15) is 0 Å². The summed E-state index contributed by atoms with van der Waals surface area (Å²) in [5.74, 6) is -0.110. The van der Waals surface area contributed by atoms with Crippen molar-refractivity contribution in [3.63, 3.8) is 0 Å². The number of halogens is 1. The zero-order valence-electron chi connectivity index (χ0n) is 11.8. The maximum Gasteiger partial charge on any atom is 0.146 e.